The van der Waals surface area contributed by atoms with E-state index in [0.717, 1.165) is 4.88 Å². The quantitative estimate of drug-likeness (QED) is 0.791. The average molecular weight is 344 g/mol. The Kier molecular flexibility index (Phi) is 6.15. The molecule has 0 aliphatic carbocycles. The van der Waals surface area contributed by atoms with Gasteiger partial charge in [-0.25, -0.2) is 0 Å². The third kappa shape index (κ3) is 5.49. The molecule has 0 aliphatic rings. The van der Waals surface area contributed by atoms with E-state index in [-0.39, 0.29) is 17.2 Å². The second kappa shape index (κ2) is 8.11. The number of carbonyl (C=O) groups excluding carboxylic acids is 2. The minimum Gasteiger partial charge on any atom is -0.354 e. The highest BCUT2D eigenvalue weighted by molar-refractivity contribution is 7.10. The number of hydrogen-bond donors (Lipinski definition) is 2. The van der Waals surface area contributed by atoms with Crippen LogP contribution in [0.15, 0.2) is 41.8 Å². The van der Waals surface area contributed by atoms with E-state index >= 15 is 0 Å². The van der Waals surface area contributed by atoms with Crippen molar-refractivity contribution in [3.05, 3.63) is 57.8 Å². The molecule has 0 aliphatic heterocycles. The molecule has 128 valence electrons. The van der Waals surface area contributed by atoms with Crippen molar-refractivity contribution < 1.29 is 9.59 Å². The van der Waals surface area contributed by atoms with Crippen LogP contribution in [0.4, 0.5) is 0 Å². The predicted molar refractivity (Wildman–Crippen MR) is 98.5 cm³/mol. The van der Waals surface area contributed by atoms with Crippen LogP contribution in [0.2, 0.25) is 0 Å². The molecule has 0 atom stereocenters. The average Bonchev–Trinajstić information content (AvgIpc) is 3.03. The van der Waals surface area contributed by atoms with Gasteiger partial charge in [-0.2, -0.15) is 0 Å². The fraction of sp³-hybridized carbons (Fsp3) is 0.368. The van der Waals surface area contributed by atoms with Gasteiger partial charge in [-0.3, -0.25) is 9.59 Å². The molecule has 1 aromatic carbocycles. The highest BCUT2D eigenvalue weighted by atomic mass is 32.1. The molecule has 0 unspecified atom stereocenters. The third-order valence-electron chi connectivity index (χ3n) is 3.66. The lowest BCUT2D eigenvalue weighted by Crippen LogP contribution is -2.35. The molecule has 0 spiro atoms. The number of carbonyl (C=O) groups is 2. The molecule has 1 heterocycles. The van der Waals surface area contributed by atoms with E-state index in [9.17, 15) is 9.59 Å². The summed E-state index contributed by atoms with van der Waals surface area (Å²) in [6, 6.07) is 11.5. The van der Waals surface area contributed by atoms with Crippen molar-refractivity contribution in [3.63, 3.8) is 0 Å². The zero-order chi connectivity index (χ0) is 17.6. The molecule has 2 rings (SSSR count). The topological polar surface area (TPSA) is 58.2 Å². The van der Waals surface area contributed by atoms with Crippen LogP contribution < -0.4 is 10.6 Å². The summed E-state index contributed by atoms with van der Waals surface area (Å²) in [7, 11) is 0. The number of rotatable bonds is 6. The molecular formula is C19H24N2O2S. The monoisotopic (exact) mass is 344 g/mol. The number of nitrogens with one attached hydrogen (secondary N) is 2. The summed E-state index contributed by atoms with van der Waals surface area (Å²) in [6.07, 6.45) is 0.389. The molecule has 0 fully saturated rings. The molecule has 5 heteroatoms. The summed E-state index contributed by atoms with van der Waals surface area (Å²) >= 11 is 1.56. The highest BCUT2D eigenvalue weighted by Gasteiger charge is 2.14. The molecule has 0 saturated heterocycles. The molecule has 4 nitrogen and oxygen atoms in total. The van der Waals surface area contributed by atoms with Crippen LogP contribution in [-0.2, 0) is 16.6 Å². The van der Waals surface area contributed by atoms with Crippen LogP contribution in [0.3, 0.4) is 0 Å². The van der Waals surface area contributed by atoms with Gasteiger partial charge < -0.3 is 10.6 Å². The molecular weight excluding hydrogens is 320 g/mol. The maximum Gasteiger partial charge on any atom is 0.251 e. The van der Waals surface area contributed by atoms with Crippen molar-refractivity contribution in [2.45, 2.75) is 32.6 Å². The van der Waals surface area contributed by atoms with Gasteiger partial charge in [-0.15, -0.1) is 11.3 Å². The maximum atomic E-state index is 12.1. The van der Waals surface area contributed by atoms with E-state index in [0.29, 0.717) is 25.1 Å². The van der Waals surface area contributed by atoms with Crippen LogP contribution in [-0.4, -0.2) is 24.9 Å². The minimum absolute atomic E-state index is 0.0266. The third-order valence-corrected chi connectivity index (χ3v) is 4.54. The Morgan fingerprint density at radius 3 is 2.25 bits per heavy atom. The molecule has 1 aromatic heterocycles. The zero-order valence-electron chi connectivity index (χ0n) is 14.4. The molecule has 0 saturated carbocycles. The number of thiophene rings is 1. The Hall–Kier alpha value is -2.14. The van der Waals surface area contributed by atoms with Gasteiger partial charge in [0, 0.05) is 23.5 Å². The zero-order valence-corrected chi connectivity index (χ0v) is 15.2. The van der Waals surface area contributed by atoms with Crippen molar-refractivity contribution in [2.75, 3.05) is 13.1 Å². The van der Waals surface area contributed by atoms with Crippen LogP contribution in [0.5, 0.6) is 0 Å². The summed E-state index contributed by atoms with van der Waals surface area (Å²) in [5, 5.41) is 7.58. The van der Waals surface area contributed by atoms with Crippen LogP contribution in [0, 0.1) is 0 Å². The number of benzene rings is 1. The second-order valence-corrected chi connectivity index (χ2v) is 7.72. The first kappa shape index (κ1) is 18.2. The van der Waals surface area contributed by atoms with Gasteiger partial charge in [0.2, 0.25) is 5.91 Å². The number of amides is 2. The lowest BCUT2D eigenvalue weighted by atomic mass is 9.87. The van der Waals surface area contributed by atoms with E-state index in [4.69, 9.17) is 0 Å². The van der Waals surface area contributed by atoms with E-state index in [1.807, 2.05) is 41.8 Å². The molecule has 0 bridgehead atoms. The predicted octanol–water partition coefficient (Wildman–Crippen LogP) is 3.13. The van der Waals surface area contributed by atoms with Gasteiger partial charge in [0.15, 0.2) is 0 Å². The second-order valence-electron chi connectivity index (χ2n) is 6.69. The SMILES string of the molecule is CC(C)(C)c1ccc(C(=O)NCCNC(=O)Cc2cccs2)cc1. The van der Waals surface area contributed by atoms with E-state index in [2.05, 4.69) is 31.4 Å². The number of hydrogen-bond acceptors (Lipinski definition) is 3. The summed E-state index contributed by atoms with van der Waals surface area (Å²) < 4.78 is 0. The fourth-order valence-corrected chi connectivity index (χ4v) is 2.94. The molecule has 0 radical (unpaired) electrons. The standard InChI is InChI=1S/C19H24N2O2S/c1-19(2,3)15-8-6-14(7-9-15)18(23)21-11-10-20-17(22)13-16-5-4-12-24-16/h4-9,12H,10-11,13H2,1-3H3,(H,20,22)(H,21,23). The first-order chi connectivity index (χ1) is 11.4. The van der Waals surface area contributed by atoms with E-state index in [1.165, 1.54) is 5.56 Å². The normalized spacial score (nSPS) is 11.1. The minimum atomic E-state index is -0.122. The van der Waals surface area contributed by atoms with Gasteiger partial charge >= 0.3 is 0 Å². The summed E-state index contributed by atoms with van der Waals surface area (Å²) in [4.78, 5) is 24.9. The largest absolute Gasteiger partial charge is 0.354 e. The molecule has 24 heavy (non-hydrogen) atoms. The molecule has 2 amide bonds. The van der Waals surface area contributed by atoms with Crippen LogP contribution in [0.25, 0.3) is 0 Å². The first-order valence-electron chi connectivity index (χ1n) is 8.04. The van der Waals surface area contributed by atoms with Gasteiger partial charge in [0.05, 0.1) is 6.42 Å². The summed E-state index contributed by atoms with van der Waals surface area (Å²) in [5.41, 5.74) is 1.90. The lowest BCUT2D eigenvalue weighted by molar-refractivity contribution is -0.120. The Bertz CT molecular complexity index is 670. The van der Waals surface area contributed by atoms with E-state index in [1.54, 1.807) is 11.3 Å². The Morgan fingerprint density at radius 1 is 1.00 bits per heavy atom. The lowest BCUT2D eigenvalue weighted by Gasteiger charge is -2.19. The Labute approximate surface area is 147 Å². The van der Waals surface area contributed by atoms with E-state index < -0.39 is 0 Å². The van der Waals surface area contributed by atoms with Crippen LogP contribution in [0.1, 0.15) is 41.6 Å². The Balaban J connectivity index is 1.72. The maximum absolute atomic E-state index is 12.1. The van der Waals surface area contributed by atoms with Gasteiger partial charge in [0.25, 0.3) is 5.91 Å². The van der Waals surface area contributed by atoms with Crippen molar-refractivity contribution in [2.24, 2.45) is 0 Å². The van der Waals surface area contributed by atoms with Crippen molar-refractivity contribution in [3.8, 4) is 0 Å². The van der Waals surface area contributed by atoms with Crippen molar-refractivity contribution >= 4 is 23.2 Å². The molecule has 2 aromatic rings. The van der Waals surface area contributed by atoms with Crippen LogP contribution >= 0.6 is 11.3 Å². The summed E-state index contributed by atoms with van der Waals surface area (Å²) in [6.45, 7) is 7.26. The van der Waals surface area contributed by atoms with Crippen molar-refractivity contribution in [1.29, 1.82) is 0 Å². The molecule has 2 N–H and O–H groups in total. The summed E-state index contributed by atoms with van der Waals surface area (Å²) in [5.74, 6) is -0.149. The van der Waals surface area contributed by atoms with Gasteiger partial charge in [-0.1, -0.05) is 39.0 Å². The Morgan fingerprint density at radius 2 is 1.67 bits per heavy atom. The highest BCUT2D eigenvalue weighted by Crippen LogP contribution is 2.22. The van der Waals surface area contributed by atoms with Crippen molar-refractivity contribution in [1.82, 2.24) is 10.6 Å². The smallest absolute Gasteiger partial charge is 0.251 e. The van der Waals surface area contributed by atoms with Gasteiger partial charge in [-0.05, 0) is 34.6 Å². The fourth-order valence-electron chi connectivity index (χ4n) is 2.24. The van der Waals surface area contributed by atoms with Gasteiger partial charge in [0.1, 0.15) is 0 Å². The first-order valence-corrected chi connectivity index (χ1v) is 8.92.